The molecule has 20 heavy (non-hydrogen) atoms. The van der Waals surface area contributed by atoms with Gasteiger partial charge in [0.05, 0.1) is 5.69 Å². The first-order valence-electron chi connectivity index (χ1n) is 6.01. The van der Waals surface area contributed by atoms with Crippen molar-refractivity contribution in [2.45, 2.75) is 25.7 Å². The van der Waals surface area contributed by atoms with E-state index in [0.717, 1.165) is 12.1 Å². The second-order valence-electron chi connectivity index (χ2n) is 4.21. The third kappa shape index (κ3) is 5.05. The van der Waals surface area contributed by atoms with Crippen LogP contribution in [0.2, 0.25) is 0 Å². The molecule has 1 rings (SSSR count). The lowest BCUT2D eigenvalue weighted by Crippen LogP contribution is -2.15. The molecule has 0 spiro atoms. The molecule has 1 aromatic carbocycles. The molecule has 0 aliphatic heterocycles. The molecule has 0 aliphatic rings. The molecule has 4 N–H and O–H groups in total. The molecule has 0 heterocycles. The third-order valence-electron chi connectivity index (χ3n) is 2.57. The first kappa shape index (κ1) is 15.6. The predicted molar refractivity (Wildman–Crippen MR) is 69.7 cm³/mol. The number of benzene rings is 1. The summed E-state index contributed by atoms with van der Waals surface area (Å²) in [6, 6.07) is 3.42. The zero-order valence-corrected chi connectivity index (χ0v) is 10.7. The Bertz CT molecular complexity index is 531. The van der Waals surface area contributed by atoms with E-state index in [1.165, 1.54) is 6.07 Å². The van der Waals surface area contributed by atoms with E-state index in [0.29, 0.717) is 12.8 Å². The molecule has 6 nitrogen and oxygen atoms in total. The normalized spacial score (nSPS) is 10.1. The van der Waals surface area contributed by atoms with E-state index in [1.54, 1.807) is 0 Å². The number of anilines is 1. The second-order valence-corrected chi connectivity index (χ2v) is 4.21. The number of unbranched alkanes of at least 4 members (excludes halogenated alkanes) is 1. The zero-order chi connectivity index (χ0) is 15.1. The first-order valence-corrected chi connectivity index (χ1v) is 6.01. The molecule has 0 bridgehead atoms. The molecule has 0 saturated carbocycles. The van der Waals surface area contributed by atoms with Gasteiger partial charge >= 0.3 is 5.97 Å². The Labute approximate surface area is 114 Å². The van der Waals surface area contributed by atoms with Crippen LogP contribution < -0.4 is 11.1 Å². The van der Waals surface area contributed by atoms with Crippen molar-refractivity contribution in [1.82, 2.24) is 0 Å². The fourth-order valence-corrected chi connectivity index (χ4v) is 1.55. The quantitative estimate of drug-likeness (QED) is 0.658. The lowest BCUT2D eigenvalue weighted by molar-refractivity contribution is -0.137. The van der Waals surface area contributed by atoms with Gasteiger partial charge in [0.15, 0.2) is 0 Å². The number of nitrogens with two attached hydrogens (primary N) is 1. The third-order valence-corrected chi connectivity index (χ3v) is 2.57. The first-order chi connectivity index (χ1) is 9.40. The Hall–Kier alpha value is -2.44. The molecule has 0 unspecified atom stereocenters. The monoisotopic (exact) mass is 282 g/mol. The molecule has 0 radical (unpaired) electrons. The van der Waals surface area contributed by atoms with Gasteiger partial charge in [-0.25, -0.2) is 4.39 Å². The van der Waals surface area contributed by atoms with Crippen molar-refractivity contribution in [1.29, 1.82) is 0 Å². The van der Waals surface area contributed by atoms with Crippen molar-refractivity contribution in [3.63, 3.8) is 0 Å². The van der Waals surface area contributed by atoms with Crippen LogP contribution in [0, 0.1) is 5.82 Å². The largest absolute Gasteiger partial charge is 0.481 e. The molecular formula is C13H15FN2O4. The lowest BCUT2D eigenvalue weighted by atomic mass is 10.1. The Kier molecular flexibility index (Phi) is 5.64. The Morgan fingerprint density at radius 1 is 1.20 bits per heavy atom. The van der Waals surface area contributed by atoms with Gasteiger partial charge in [0, 0.05) is 18.4 Å². The average molecular weight is 282 g/mol. The zero-order valence-electron chi connectivity index (χ0n) is 10.7. The Morgan fingerprint density at radius 3 is 2.45 bits per heavy atom. The summed E-state index contributed by atoms with van der Waals surface area (Å²) in [5.74, 6) is -2.77. The maximum absolute atomic E-state index is 13.4. The average Bonchev–Trinajstić information content (AvgIpc) is 2.37. The number of rotatable bonds is 7. The van der Waals surface area contributed by atoms with E-state index < -0.39 is 23.6 Å². The predicted octanol–water partition coefficient (Wildman–Crippen LogP) is 1.51. The van der Waals surface area contributed by atoms with Gasteiger partial charge in [0.25, 0.3) is 0 Å². The van der Waals surface area contributed by atoms with Gasteiger partial charge in [-0.2, -0.15) is 0 Å². The van der Waals surface area contributed by atoms with Crippen LogP contribution in [0.3, 0.4) is 0 Å². The van der Waals surface area contributed by atoms with Crippen LogP contribution in [0.4, 0.5) is 10.1 Å². The van der Waals surface area contributed by atoms with E-state index >= 15 is 0 Å². The minimum absolute atomic E-state index is 0.0151. The van der Waals surface area contributed by atoms with Crippen molar-refractivity contribution in [2.75, 3.05) is 5.32 Å². The van der Waals surface area contributed by atoms with Crippen LogP contribution >= 0.6 is 0 Å². The minimum atomic E-state index is -0.925. The van der Waals surface area contributed by atoms with E-state index in [2.05, 4.69) is 5.32 Å². The van der Waals surface area contributed by atoms with E-state index in [1.807, 2.05) is 0 Å². The summed E-state index contributed by atoms with van der Waals surface area (Å²) in [6.45, 7) is 0. The van der Waals surface area contributed by atoms with Crippen molar-refractivity contribution < 1.29 is 23.9 Å². The van der Waals surface area contributed by atoms with Crippen molar-refractivity contribution in [3.8, 4) is 0 Å². The molecular weight excluding hydrogens is 267 g/mol. The number of primary amides is 1. The van der Waals surface area contributed by atoms with Crippen molar-refractivity contribution >= 4 is 23.5 Å². The summed E-state index contributed by atoms with van der Waals surface area (Å²) in [4.78, 5) is 32.8. The number of hydrogen-bond donors (Lipinski definition) is 3. The van der Waals surface area contributed by atoms with E-state index in [4.69, 9.17) is 10.8 Å². The number of carboxylic acids is 1. The molecule has 0 fully saturated rings. The number of hydrogen-bond acceptors (Lipinski definition) is 3. The summed E-state index contributed by atoms with van der Waals surface area (Å²) < 4.78 is 13.4. The summed E-state index contributed by atoms with van der Waals surface area (Å²) in [5.41, 5.74) is 5.03. The van der Waals surface area contributed by atoms with Crippen LogP contribution in [-0.4, -0.2) is 22.9 Å². The molecule has 0 atom stereocenters. The topological polar surface area (TPSA) is 109 Å². The van der Waals surface area contributed by atoms with Gasteiger partial charge in [-0.15, -0.1) is 0 Å². The number of carbonyl (C=O) groups excluding carboxylic acids is 2. The summed E-state index contributed by atoms with van der Waals surface area (Å²) in [7, 11) is 0. The molecule has 0 saturated heterocycles. The van der Waals surface area contributed by atoms with E-state index in [9.17, 15) is 18.8 Å². The van der Waals surface area contributed by atoms with Gasteiger partial charge in [-0.05, 0) is 31.0 Å². The SMILES string of the molecule is NC(=O)c1ccc(F)c(NC(=O)CCCCC(=O)O)c1. The number of amides is 2. The van der Waals surface area contributed by atoms with Crippen LogP contribution in [0.1, 0.15) is 36.0 Å². The minimum Gasteiger partial charge on any atom is -0.481 e. The van der Waals surface area contributed by atoms with Gasteiger partial charge in [-0.3, -0.25) is 14.4 Å². The van der Waals surface area contributed by atoms with Crippen LogP contribution in [0.5, 0.6) is 0 Å². The van der Waals surface area contributed by atoms with Crippen molar-refractivity contribution in [3.05, 3.63) is 29.6 Å². The van der Waals surface area contributed by atoms with Gasteiger partial charge in [0.1, 0.15) is 5.82 Å². The number of carbonyl (C=O) groups is 3. The Morgan fingerprint density at radius 2 is 1.85 bits per heavy atom. The summed E-state index contributed by atoms with van der Waals surface area (Å²) >= 11 is 0. The molecule has 108 valence electrons. The highest BCUT2D eigenvalue weighted by Crippen LogP contribution is 2.16. The smallest absolute Gasteiger partial charge is 0.303 e. The second kappa shape index (κ2) is 7.22. The van der Waals surface area contributed by atoms with Gasteiger partial charge in [0.2, 0.25) is 11.8 Å². The Balaban J connectivity index is 2.55. The fourth-order valence-electron chi connectivity index (χ4n) is 1.55. The highest BCUT2D eigenvalue weighted by atomic mass is 19.1. The fraction of sp³-hybridized carbons (Fsp3) is 0.308. The van der Waals surface area contributed by atoms with Gasteiger partial charge < -0.3 is 16.2 Å². The van der Waals surface area contributed by atoms with Gasteiger partial charge in [-0.1, -0.05) is 0 Å². The highest BCUT2D eigenvalue weighted by molar-refractivity contribution is 5.96. The van der Waals surface area contributed by atoms with Crippen LogP contribution in [0.25, 0.3) is 0 Å². The summed E-state index contributed by atoms with van der Waals surface area (Å²) in [5, 5.41) is 10.8. The lowest BCUT2D eigenvalue weighted by Gasteiger charge is -2.07. The molecule has 1 aromatic rings. The highest BCUT2D eigenvalue weighted by Gasteiger charge is 2.10. The molecule has 2 amide bonds. The molecule has 7 heteroatoms. The standard InChI is InChI=1S/C13H15FN2O4/c14-9-6-5-8(13(15)20)7-10(9)16-11(17)3-1-2-4-12(18)19/h5-7H,1-4H2,(H2,15,20)(H,16,17)(H,18,19). The van der Waals surface area contributed by atoms with Crippen molar-refractivity contribution in [2.24, 2.45) is 5.73 Å². The molecule has 0 aromatic heterocycles. The maximum Gasteiger partial charge on any atom is 0.303 e. The molecule has 0 aliphatic carbocycles. The summed E-state index contributed by atoms with van der Waals surface area (Å²) in [6.07, 6.45) is 0.814. The maximum atomic E-state index is 13.4. The van der Waals surface area contributed by atoms with E-state index in [-0.39, 0.29) is 24.1 Å². The number of carboxylic acid groups (broad SMARTS) is 1. The van der Waals surface area contributed by atoms with Crippen LogP contribution in [-0.2, 0) is 9.59 Å². The number of halogens is 1. The number of nitrogens with one attached hydrogen (secondary N) is 1. The van der Waals surface area contributed by atoms with Crippen LogP contribution in [0.15, 0.2) is 18.2 Å². The number of aliphatic carboxylic acids is 1.